The average Bonchev–Trinajstić information content (AvgIpc) is 2.81. The fourth-order valence-electron chi connectivity index (χ4n) is 1.49. The van der Waals surface area contributed by atoms with E-state index in [9.17, 15) is 9.18 Å². The Morgan fingerprint density at radius 2 is 2.33 bits per heavy atom. The third-order valence-corrected chi connectivity index (χ3v) is 2.38. The van der Waals surface area contributed by atoms with Gasteiger partial charge in [0, 0.05) is 13.1 Å². The number of halogens is 1. The SMILES string of the molecule is CN(Cc1ncn[nH]1)C(=O)c1ccc(O)cc1F. The third kappa shape index (κ3) is 2.45. The van der Waals surface area contributed by atoms with Gasteiger partial charge in [-0.3, -0.25) is 9.89 Å². The van der Waals surface area contributed by atoms with Gasteiger partial charge in [0.25, 0.3) is 5.91 Å². The van der Waals surface area contributed by atoms with Crippen LogP contribution < -0.4 is 0 Å². The number of rotatable bonds is 3. The van der Waals surface area contributed by atoms with Gasteiger partial charge in [0.15, 0.2) is 0 Å². The monoisotopic (exact) mass is 250 g/mol. The van der Waals surface area contributed by atoms with Crippen LogP contribution in [-0.4, -0.2) is 38.1 Å². The lowest BCUT2D eigenvalue weighted by Gasteiger charge is -2.15. The highest BCUT2D eigenvalue weighted by atomic mass is 19.1. The highest BCUT2D eigenvalue weighted by Gasteiger charge is 2.17. The first-order valence-electron chi connectivity index (χ1n) is 5.16. The molecule has 2 aromatic rings. The van der Waals surface area contributed by atoms with Crippen LogP contribution in [0.3, 0.4) is 0 Å². The average molecular weight is 250 g/mol. The van der Waals surface area contributed by atoms with Crippen LogP contribution in [0.15, 0.2) is 24.5 Å². The molecule has 2 N–H and O–H groups in total. The van der Waals surface area contributed by atoms with Crippen molar-refractivity contribution in [3.63, 3.8) is 0 Å². The summed E-state index contributed by atoms with van der Waals surface area (Å²) in [5.41, 5.74) is -0.102. The Bertz CT molecular complexity index is 556. The van der Waals surface area contributed by atoms with E-state index in [1.165, 1.54) is 30.4 Å². The van der Waals surface area contributed by atoms with Crippen LogP contribution in [0, 0.1) is 5.82 Å². The van der Waals surface area contributed by atoms with Gasteiger partial charge in [-0.2, -0.15) is 5.10 Å². The number of nitrogens with one attached hydrogen (secondary N) is 1. The van der Waals surface area contributed by atoms with Crippen LogP contribution in [0.25, 0.3) is 0 Å². The second-order valence-electron chi connectivity index (χ2n) is 3.76. The number of nitrogens with zero attached hydrogens (tertiary/aromatic N) is 3. The maximum Gasteiger partial charge on any atom is 0.256 e. The molecule has 0 radical (unpaired) electrons. The van der Waals surface area contributed by atoms with Crippen molar-refractivity contribution in [2.24, 2.45) is 0 Å². The first-order valence-corrected chi connectivity index (χ1v) is 5.16. The number of hydrogen-bond donors (Lipinski definition) is 2. The molecule has 6 nitrogen and oxygen atoms in total. The van der Waals surface area contributed by atoms with E-state index in [1.54, 1.807) is 0 Å². The molecule has 0 aliphatic heterocycles. The number of aromatic hydroxyl groups is 1. The number of aromatic nitrogens is 3. The zero-order chi connectivity index (χ0) is 13.1. The first-order chi connectivity index (χ1) is 8.58. The Balaban J connectivity index is 2.15. The standard InChI is InChI=1S/C11H11FN4O2/c1-16(5-10-13-6-14-15-10)11(18)8-3-2-7(17)4-9(8)12/h2-4,6,17H,5H2,1H3,(H,13,14,15). The predicted octanol–water partition coefficient (Wildman–Crippen LogP) is 0.922. The molecule has 0 aliphatic carbocycles. The van der Waals surface area contributed by atoms with E-state index in [4.69, 9.17) is 5.11 Å². The van der Waals surface area contributed by atoms with Gasteiger partial charge in [0.2, 0.25) is 0 Å². The van der Waals surface area contributed by atoms with Crippen molar-refractivity contribution in [3.8, 4) is 5.75 Å². The van der Waals surface area contributed by atoms with E-state index in [1.807, 2.05) is 0 Å². The molecule has 1 amide bonds. The van der Waals surface area contributed by atoms with Gasteiger partial charge in [-0.15, -0.1) is 0 Å². The number of aromatic amines is 1. The lowest BCUT2D eigenvalue weighted by Crippen LogP contribution is -2.27. The summed E-state index contributed by atoms with van der Waals surface area (Å²) in [6.07, 6.45) is 1.33. The minimum atomic E-state index is -0.760. The molecule has 7 heteroatoms. The van der Waals surface area contributed by atoms with E-state index in [0.29, 0.717) is 5.82 Å². The first kappa shape index (κ1) is 12.0. The summed E-state index contributed by atoms with van der Waals surface area (Å²) < 4.78 is 13.5. The van der Waals surface area contributed by atoms with Crippen molar-refractivity contribution in [1.29, 1.82) is 0 Å². The normalized spacial score (nSPS) is 10.3. The summed E-state index contributed by atoms with van der Waals surface area (Å²) in [6, 6.07) is 3.40. The number of carbonyl (C=O) groups is 1. The third-order valence-electron chi connectivity index (χ3n) is 2.38. The smallest absolute Gasteiger partial charge is 0.256 e. The molecule has 2 rings (SSSR count). The number of H-pyrrole nitrogens is 1. The molecule has 0 fully saturated rings. The summed E-state index contributed by atoms with van der Waals surface area (Å²) in [5, 5.41) is 15.3. The van der Waals surface area contributed by atoms with Crippen molar-refractivity contribution in [2.75, 3.05) is 7.05 Å². The number of hydrogen-bond acceptors (Lipinski definition) is 4. The van der Waals surface area contributed by atoms with E-state index in [0.717, 1.165) is 6.07 Å². The molecule has 0 saturated carbocycles. The lowest BCUT2D eigenvalue weighted by molar-refractivity contribution is 0.0777. The van der Waals surface area contributed by atoms with Gasteiger partial charge in [-0.05, 0) is 12.1 Å². The van der Waals surface area contributed by atoms with Crippen molar-refractivity contribution < 1.29 is 14.3 Å². The summed E-state index contributed by atoms with van der Waals surface area (Å²) in [6.45, 7) is 0.194. The van der Waals surface area contributed by atoms with Gasteiger partial charge >= 0.3 is 0 Å². The fourth-order valence-corrected chi connectivity index (χ4v) is 1.49. The summed E-state index contributed by atoms with van der Waals surface area (Å²) in [5.74, 6) is -0.972. The molecule has 0 atom stereocenters. The van der Waals surface area contributed by atoms with Crippen molar-refractivity contribution in [3.05, 3.63) is 41.7 Å². The van der Waals surface area contributed by atoms with Crippen molar-refractivity contribution >= 4 is 5.91 Å². The summed E-state index contributed by atoms with van der Waals surface area (Å²) in [4.78, 5) is 17.1. The number of benzene rings is 1. The predicted molar refractivity (Wildman–Crippen MR) is 60.2 cm³/mol. The Labute approximate surface area is 102 Å². The van der Waals surface area contributed by atoms with Gasteiger partial charge in [0.1, 0.15) is 23.7 Å². The van der Waals surface area contributed by atoms with Gasteiger partial charge in [-0.1, -0.05) is 0 Å². The Hall–Kier alpha value is -2.44. The molecular weight excluding hydrogens is 239 g/mol. The molecule has 18 heavy (non-hydrogen) atoms. The molecule has 0 bridgehead atoms. The number of phenols is 1. The Kier molecular flexibility index (Phi) is 3.22. The molecule has 1 aromatic carbocycles. The van der Waals surface area contributed by atoms with Crippen LogP contribution in [0.2, 0.25) is 0 Å². The zero-order valence-electron chi connectivity index (χ0n) is 9.59. The molecule has 0 unspecified atom stereocenters. The lowest BCUT2D eigenvalue weighted by atomic mass is 10.2. The number of carbonyl (C=O) groups excluding carboxylic acids is 1. The highest BCUT2D eigenvalue weighted by Crippen LogP contribution is 2.16. The van der Waals surface area contributed by atoms with Crippen LogP contribution in [-0.2, 0) is 6.54 Å². The molecule has 0 spiro atoms. The quantitative estimate of drug-likeness (QED) is 0.848. The second kappa shape index (κ2) is 4.82. The maximum absolute atomic E-state index is 13.5. The second-order valence-corrected chi connectivity index (χ2v) is 3.76. The number of phenolic OH excluding ortho intramolecular Hbond substituents is 1. The van der Waals surface area contributed by atoms with Crippen LogP contribution >= 0.6 is 0 Å². The van der Waals surface area contributed by atoms with E-state index in [-0.39, 0.29) is 17.9 Å². The molecule has 0 aliphatic rings. The zero-order valence-corrected chi connectivity index (χ0v) is 9.59. The molecular formula is C11H11FN4O2. The highest BCUT2D eigenvalue weighted by molar-refractivity contribution is 5.94. The van der Waals surface area contributed by atoms with Crippen molar-refractivity contribution in [1.82, 2.24) is 20.1 Å². The van der Waals surface area contributed by atoms with E-state index in [2.05, 4.69) is 15.2 Å². The fraction of sp³-hybridized carbons (Fsp3) is 0.182. The van der Waals surface area contributed by atoms with E-state index >= 15 is 0 Å². The minimum Gasteiger partial charge on any atom is -0.508 e. The van der Waals surface area contributed by atoms with Gasteiger partial charge in [0.05, 0.1) is 12.1 Å². The largest absolute Gasteiger partial charge is 0.508 e. The van der Waals surface area contributed by atoms with Gasteiger partial charge in [-0.25, -0.2) is 9.37 Å². The Morgan fingerprint density at radius 3 is 2.94 bits per heavy atom. The van der Waals surface area contributed by atoms with E-state index < -0.39 is 11.7 Å². The molecule has 1 heterocycles. The van der Waals surface area contributed by atoms with Crippen LogP contribution in [0.5, 0.6) is 5.75 Å². The summed E-state index contributed by atoms with van der Waals surface area (Å²) >= 11 is 0. The molecule has 0 saturated heterocycles. The number of amides is 1. The summed E-state index contributed by atoms with van der Waals surface area (Å²) in [7, 11) is 1.52. The van der Waals surface area contributed by atoms with Crippen LogP contribution in [0.1, 0.15) is 16.2 Å². The van der Waals surface area contributed by atoms with Crippen molar-refractivity contribution in [2.45, 2.75) is 6.54 Å². The molecule has 94 valence electrons. The van der Waals surface area contributed by atoms with Gasteiger partial charge < -0.3 is 10.0 Å². The minimum absolute atomic E-state index is 0.102. The topological polar surface area (TPSA) is 82.1 Å². The molecule has 1 aromatic heterocycles. The Morgan fingerprint density at radius 1 is 1.56 bits per heavy atom. The maximum atomic E-state index is 13.5. The van der Waals surface area contributed by atoms with Crippen LogP contribution in [0.4, 0.5) is 4.39 Å².